The highest BCUT2D eigenvalue weighted by Gasteiger charge is 1.92. The van der Waals surface area contributed by atoms with E-state index in [1.165, 1.54) is 62.5 Å². The Morgan fingerprint density at radius 3 is 2.10 bits per heavy atom. The number of hydrogen-bond donors (Lipinski definition) is 0. The van der Waals surface area contributed by atoms with E-state index in [4.69, 9.17) is 0 Å². The minimum Gasteiger partial charge on any atom is -0.0988 e. The molecule has 0 nitrogen and oxygen atoms in total. The molecule has 0 heteroatoms. The number of hydrogen-bond acceptors (Lipinski definition) is 0. The van der Waals surface area contributed by atoms with Gasteiger partial charge in [-0.1, -0.05) is 75.6 Å². The van der Waals surface area contributed by atoms with Gasteiger partial charge in [0.25, 0.3) is 0 Å². The fraction of sp³-hybridized carbons (Fsp3) is 0.600. The molecule has 0 saturated heterocycles. The van der Waals surface area contributed by atoms with Crippen molar-refractivity contribution in [3.63, 3.8) is 0 Å². The van der Waals surface area contributed by atoms with Crippen molar-refractivity contribution in [1.29, 1.82) is 0 Å². The maximum Gasteiger partial charge on any atom is -0.0279 e. The maximum absolute atomic E-state index is 3.90. The average Bonchev–Trinajstić information content (AvgIpc) is 2.46. The van der Waals surface area contributed by atoms with Crippen LogP contribution in [-0.4, -0.2) is 0 Å². The summed E-state index contributed by atoms with van der Waals surface area (Å²) in [6, 6.07) is 0. The Kier molecular flexibility index (Phi) is 13.6. The third-order valence-electron chi connectivity index (χ3n) is 3.50. The van der Waals surface area contributed by atoms with Gasteiger partial charge in [-0.2, -0.15) is 0 Å². The van der Waals surface area contributed by atoms with Gasteiger partial charge < -0.3 is 0 Å². The van der Waals surface area contributed by atoms with Crippen molar-refractivity contribution in [2.24, 2.45) is 0 Å². The molecular formula is C20H34. The fourth-order valence-electron chi connectivity index (χ4n) is 2.02. The third-order valence-corrected chi connectivity index (χ3v) is 3.50. The Labute approximate surface area is 127 Å². The lowest BCUT2D eigenvalue weighted by Crippen LogP contribution is -1.80. The average molecular weight is 274 g/mol. The van der Waals surface area contributed by atoms with E-state index in [-0.39, 0.29) is 0 Å². The fourth-order valence-corrected chi connectivity index (χ4v) is 2.02. The van der Waals surface area contributed by atoms with Crippen molar-refractivity contribution in [2.45, 2.75) is 78.6 Å². The molecule has 0 saturated carbocycles. The van der Waals surface area contributed by atoms with E-state index in [0.29, 0.717) is 0 Å². The van der Waals surface area contributed by atoms with Crippen LogP contribution in [0.4, 0.5) is 0 Å². The highest BCUT2D eigenvalue weighted by molar-refractivity contribution is 5.24. The van der Waals surface area contributed by atoms with Gasteiger partial charge in [0.1, 0.15) is 0 Å². The van der Waals surface area contributed by atoms with Crippen LogP contribution >= 0.6 is 0 Å². The van der Waals surface area contributed by atoms with Gasteiger partial charge in [0.05, 0.1) is 0 Å². The van der Waals surface area contributed by atoms with Crippen molar-refractivity contribution in [1.82, 2.24) is 0 Å². The van der Waals surface area contributed by atoms with Crippen LogP contribution in [0.3, 0.4) is 0 Å². The summed E-state index contributed by atoms with van der Waals surface area (Å²) < 4.78 is 0. The van der Waals surface area contributed by atoms with E-state index >= 15 is 0 Å². The lowest BCUT2D eigenvalue weighted by atomic mass is 10.1. The van der Waals surface area contributed by atoms with Crippen LogP contribution in [0.2, 0.25) is 0 Å². The minimum absolute atomic E-state index is 1.16. The maximum atomic E-state index is 3.90. The quantitative estimate of drug-likeness (QED) is 0.201. The standard InChI is InChI=1S/C20H34/c1-5-8-10-11-12-13-14-15-19(4)17-18-20(7-3)16-9-6-2/h7,11-12,17-18H,3,5-6,8-10,13-16H2,1-2,4H3. The zero-order valence-electron chi connectivity index (χ0n) is 14.0. The Hall–Kier alpha value is -1.04. The molecule has 0 spiro atoms. The van der Waals surface area contributed by atoms with Gasteiger partial charge >= 0.3 is 0 Å². The predicted molar refractivity (Wildman–Crippen MR) is 94.1 cm³/mol. The first-order valence-electron chi connectivity index (χ1n) is 8.38. The Balaban J connectivity index is 3.91. The molecule has 0 amide bonds. The van der Waals surface area contributed by atoms with Crippen LogP contribution in [0, 0.1) is 0 Å². The lowest BCUT2D eigenvalue weighted by molar-refractivity contribution is 0.796. The Morgan fingerprint density at radius 2 is 1.50 bits per heavy atom. The monoisotopic (exact) mass is 274 g/mol. The first kappa shape index (κ1) is 19.0. The van der Waals surface area contributed by atoms with E-state index < -0.39 is 0 Å². The second-order valence-electron chi connectivity index (χ2n) is 5.57. The van der Waals surface area contributed by atoms with E-state index in [2.05, 4.69) is 51.7 Å². The van der Waals surface area contributed by atoms with Gasteiger partial charge in [0.15, 0.2) is 0 Å². The van der Waals surface area contributed by atoms with Crippen molar-refractivity contribution < 1.29 is 0 Å². The predicted octanol–water partition coefficient (Wildman–Crippen LogP) is 7.15. The van der Waals surface area contributed by atoms with Crippen LogP contribution in [0.15, 0.2) is 48.1 Å². The molecule has 0 fully saturated rings. The van der Waals surface area contributed by atoms with Crippen LogP contribution in [0.5, 0.6) is 0 Å². The summed E-state index contributed by atoms with van der Waals surface area (Å²) in [5, 5.41) is 0. The first-order chi connectivity index (χ1) is 9.74. The van der Waals surface area contributed by atoms with Gasteiger partial charge in [-0.25, -0.2) is 0 Å². The largest absolute Gasteiger partial charge is 0.0988 e. The number of rotatable bonds is 12. The molecule has 0 aliphatic heterocycles. The Bertz CT molecular complexity index is 315. The van der Waals surface area contributed by atoms with E-state index in [0.717, 1.165) is 6.42 Å². The van der Waals surface area contributed by atoms with Crippen molar-refractivity contribution in [2.75, 3.05) is 0 Å². The van der Waals surface area contributed by atoms with Gasteiger partial charge in [0.2, 0.25) is 0 Å². The van der Waals surface area contributed by atoms with Crippen LogP contribution in [-0.2, 0) is 0 Å². The van der Waals surface area contributed by atoms with E-state index in [1.807, 2.05) is 6.08 Å². The SMILES string of the molecule is C=CC(=CC=C(C)CCCC=CCCCC)CCCC. The van der Waals surface area contributed by atoms with E-state index in [9.17, 15) is 0 Å². The summed E-state index contributed by atoms with van der Waals surface area (Å²) in [6.45, 7) is 10.6. The highest BCUT2D eigenvalue weighted by atomic mass is 14.0. The molecule has 0 rings (SSSR count). The molecule has 0 radical (unpaired) electrons. The zero-order valence-corrected chi connectivity index (χ0v) is 14.0. The first-order valence-corrected chi connectivity index (χ1v) is 8.38. The molecule has 0 aliphatic carbocycles. The topological polar surface area (TPSA) is 0 Å². The molecular weight excluding hydrogens is 240 g/mol. The van der Waals surface area contributed by atoms with Crippen LogP contribution < -0.4 is 0 Å². The van der Waals surface area contributed by atoms with Gasteiger partial charge in [-0.3, -0.25) is 0 Å². The zero-order chi connectivity index (χ0) is 15.1. The molecule has 0 aromatic heterocycles. The highest BCUT2D eigenvalue weighted by Crippen LogP contribution is 2.12. The Morgan fingerprint density at radius 1 is 0.850 bits per heavy atom. The molecule has 0 aromatic carbocycles. The molecule has 20 heavy (non-hydrogen) atoms. The van der Waals surface area contributed by atoms with Crippen molar-refractivity contribution in [3.05, 3.63) is 48.1 Å². The summed E-state index contributed by atoms with van der Waals surface area (Å²) in [4.78, 5) is 0. The minimum atomic E-state index is 1.16. The molecule has 114 valence electrons. The van der Waals surface area contributed by atoms with Crippen LogP contribution in [0.25, 0.3) is 0 Å². The van der Waals surface area contributed by atoms with Gasteiger partial charge in [0, 0.05) is 0 Å². The summed E-state index contributed by atoms with van der Waals surface area (Å²) in [6.07, 6.45) is 22.4. The third kappa shape index (κ3) is 12.0. The van der Waals surface area contributed by atoms with Gasteiger partial charge in [-0.15, -0.1) is 0 Å². The van der Waals surface area contributed by atoms with Crippen LogP contribution in [0.1, 0.15) is 78.6 Å². The molecule has 0 aliphatic rings. The summed E-state index contributed by atoms with van der Waals surface area (Å²) in [5.41, 5.74) is 2.84. The summed E-state index contributed by atoms with van der Waals surface area (Å²) in [5.74, 6) is 0. The number of unbranched alkanes of at least 4 members (excludes halogenated alkanes) is 4. The normalized spacial score (nSPS) is 13.2. The summed E-state index contributed by atoms with van der Waals surface area (Å²) in [7, 11) is 0. The second-order valence-corrected chi connectivity index (χ2v) is 5.57. The lowest BCUT2D eigenvalue weighted by Gasteiger charge is -2.01. The smallest absolute Gasteiger partial charge is 0.0279 e. The second kappa shape index (κ2) is 14.4. The molecule has 0 bridgehead atoms. The van der Waals surface area contributed by atoms with Crippen molar-refractivity contribution >= 4 is 0 Å². The van der Waals surface area contributed by atoms with Crippen molar-refractivity contribution in [3.8, 4) is 0 Å². The number of allylic oxidation sites excluding steroid dienone is 7. The van der Waals surface area contributed by atoms with Gasteiger partial charge in [-0.05, 0) is 51.0 Å². The van der Waals surface area contributed by atoms with E-state index in [1.54, 1.807) is 0 Å². The summed E-state index contributed by atoms with van der Waals surface area (Å²) >= 11 is 0. The molecule has 0 N–H and O–H groups in total. The molecule has 0 unspecified atom stereocenters. The molecule has 0 atom stereocenters. The molecule has 0 heterocycles. The molecule has 0 aromatic rings.